The molecule has 2 aromatic heterocycles. The zero-order chi connectivity index (χ0) is 19.4. The Morgan fingerprint density at radius 1 is 1.37 bits per heavy atom. The molecule has 0 aliphatic carbocycles. The van der Waals surface area contributed by atoms with Crippen molar-refractivity contribution in [1.82, 2.24) is 9.97 Å². The molecule has 1 N–H and O–H groups in total. The third-order valence-corrected chi connectivity index (χ3v) is 5.71. The van der Waals surface area contributed by atoms with E-state index in [1.54, 1.807) is 19.1 Å². The first-order valence-corrected chi connectivity index (χ1v) is 10.1. The fourth-order valence-corrected chi connectivity index (χ4v) is 4.19. The number of hydrogen-bond donors (Lipinski definition) is 1. The lowest BCUT2D eigenvalue weighted by molar-refractivity contribution is -0.115. The van der Waals surface area contributed by atoms with Crippen LogP contribution >= 0.6 is 23.1 Å². The summed E-state index contributed by atoms with van der Waals surface area (Å²) < 4.78 is 6.44. The van der Waals surface area contributed by atoms with Gasteiger partial charge in [0.1, 0.15) is 16.8 Å². The smallest absolute Gasteiger partial charge is 0.239 e. The molecule has 3 rings (SSSR count). The Kier molecular flexibility index (Phi) is 5.94. The summed E-state index contributed by atoms with van der Waals surface area (Å²) in [6.45, 7) is 6.17. The van der Waals surface area contributed by atoms with Crippen LogP contribution in [0.1, 0.15) is 25.1 Å². The highest BCUT2D eigenvalue weighted by Crippen LogP contribution is 2.31. The van der Waals surface area contributed by atoms with Crippen LogP contribution in [0.3, 0.4) is 0 Å². The molecule has 0 bridgehead atoms. The van der Waals surface area contributed by atoms with Gasteiger partial charge in [0.05, 0.1) is 27.6 Å². The fourth-order valence-electron chi connectivity index (χ4n) is 2.35. The normalized spacial score (nSPS) is 11.8. The maximum atomic E-state index is 12.5. The molecule has 1 unspecified atom stereocenters. The Morgan fingerprint density at radius 3 is 2.93 bits per heavy atom. The number of benzene rings is 1. The Hall–Kier alpha value is -2.63. The summed E-state index contributed by atoms with van der Waals surface area (Å²) in [7, 11) is 0. The molecule has 0 radical (unpaired) electrons. The van der Waals surface area contributed by atoms with E-state index in [1.807, 2.05) is 32.0 Å². The van der Waals surface area contributed by atoms with E-state index < -0.39 is 5.25 Å². The van der Waals surface area contributed by atoms with Crippen LogP contribution in [-0.4, -0.2) is 27.7 Å². The minimum atomic E-state index is -0.419. The van der Waals surface area contributed by atoms with Gasteiger partial charge >= 0.3 is 0 Å². The van der Waals surface area contributed by atoms with Crippen LogP contribution in [0.25, 0.3) is 10.2 Å². The summed E-state index contributed by atoms with van der Waals surface area (Å²) in [5, 5.41) is 12.7. The molecule has 27 heavy (non-hydrogen) atoms. The van der Waals surface area contributed by atoms with E-state index >= 15 is 0 Å². The number of aromatic nitrogens is 2. The number of nitrogens with zero attached hydrogens (tertiary/aromatic N) is 3. The number of carbonyl (C=O) groups is 1. The van der Waals surface area contributed by atoms with Crippen molar-refractivity contribution in [2.75, 3.05) is 11.9 Å². The lowest BCUT2D eigenvalue weighted by Crippen LogP contribution is -2.22. The van der Waals surface area contributed by atoms with Gasteiger partial charge in [-0.3, -0.25) is 4.79 Å². The van der Waals surface area contributed by atoms with Gasteiger partial charge < -0.3 is 10.1 Å². The van der Waals surface area contributed by atoms with Gasteiger partial charge in [-0.25, -0.2) is 9.97 Å². The molecule has 138 valence electrons. The van der Waals surface area contributed by atoms with E-state index in [1.165, 1.54) is 23.1 Å². The molecule has 0 saturated heterocycles. The van der Waals surface area contributed by atoms with E-state index in [9.17, 15) is 10.1 Å². The number of fused-ring (bicyclic) bond motifs is 1. The van der Waals surface area contributed by atoms with Crippen LogP contribution in [0.4, 0.5) is 5.13 Å². The minimum Gasteiger partial charge on any atom is -0.494 e. The second-order valence-electron chi connectivity index (χ2n) is 5.75. The number of thiazole rings is 1. The van der Waals surface area contributed by atoms with Crippen LogP contribution < -0.4 is 10.1 Å². The van der Waals surface area contributed by atoms with Gasteiger partial charge in [0, 0.05) is 5.69 Å². The number of rotatable bonds is 6. The molecular formula is C19H18N4O2S2. The number of aryl methyl sites for hydroxylation is 1. The number of nitriles is 1. The number of nitrogens with one attached hydrogen (secondary N) is 1. The molecule has 8 heteroatoms. The molecule has 6 nitrogen and oxygen atoms in total. The Bertz CT molecular complexity index is 1030. The number of thioether (sulfide) groups is 1. The van der Waals surface area contributed by atoms with Crippen molar-refractivity contribution in [3.8, 4) is 11.8 Å². The standard InChI is InChI=1S/C19H18N4O2S2/c1-4-25-14-7-8-15-16(9-14)27-19(22-15)23-17(24)12(3)26-18-13(10-20)6-5-11(2)21-18/h5-9,12H,4H2,1-3H3,(H,22,23,24). The number of amides is 1. The third kappa shape index (κ3) is 4.56. The highest BCUT2D eigenvalue weighted by atomic mass is 32.2. The van der Waals surface area contributed by atoms with Gasteiger partial charge in [-0.2, -0.15) is 5.26 Å². The summed E-state index contributed by atoms with van der Waals surface area (Å²) >= 11 is 2.66. The quantitative estimate of drug-likeness (QED) is 0.620. The van der Waals surface area contributed by atoms with Crippen LogP contribution in [0.5, 0.6) is 5.75 Å². The first-order valence-electron chi connectivity index (χ1n) is 8.38. The maximum Gasteiger partial charge on any atom is 0.239 e. The molecule has 0 spiro atoms. The number of carbonyl (C=O) groups excluding carboxylic acids is 1. The van der Waals surface area contributed by atoms with Crippen molar-refractivity contribution in [3.05, 3.63) is 41.6 Å². The third-order valence-electron chi connectivity index (χ3n) is 3.68. The molecule has 0 aliphatic heterocycles. The number of pyridine rings is 1. The molecule has 1 amide bonds. The van der Waals surface area contributed by atoms with Crippen molar-refractivity contribution in [2.45, 2.75) is 31.0 Å². The van der Waals surface area contributed by atoms with Gasteiger partial charge in [0.15, 0.2) is 5.13 Å². The largest absolute Gasteiger partial charge is 0.494 e. The second-order valence-corrected chi connectivity index (χ2v) is 8.11. The monoisotopic (exact) mass is 398 g/mol. The highest BCUT2D eigenvalue weighted by molar-refractivity contribution is 8.00. The zero-order valence-electron chi connectivity index (χ0n) is 15.1. The van der Waals surface area contributed by atoms with E-state index in [0.717, 1.165) is 21.7 Å². The van der Waals surface area contributed by atoms with Crippen molar-refractivity contribution in [2.24, 2.45) is 0 Å². The lowest BCUT2D eigenvalue weighted by Gasteiger charge is -2.11. The van der Waals surface area contributed by atoms with E-state index in [2.05, 4.69) is 21.4 Å². The van der Waals surface area contributed by atoms with E-state index in [-0.39, 0.29) is 5.91 Å². The SMILES string of the molecule is CCOc1ccc2nc(NC(=O)C(C)Sc3nc(C)ccc3C#N)sc2c1. The van der Waals surface area contributed by atoms with Crippen molar-refractivity contribution in [3.63, 3.8) is 0 Å². The fraction of sp³-hybridized carbons (Fsp3) is 0.263. The second kappa shape index (κ2) is 8.37. The van der Waals surface area contributed by atoms with Gasteiger partial charge in [0.2, 0.25) is 5.91 Å². The predicted octanol–water partition coefficient (Wildman–Crippen LogP) is 4.39. The van der Waals surface area contributed by atoms with Crippen molar-refractivity contribution >= 4 is 44.4 Å². The summed E-state index contributed by atoms with van der Waals surface area (Å²) in [6, 6.07) is 11.3. The average Bonchev–Trinajstić information content (AvgIpc) is 3.03. The van der Waals surface area contributed by atoms with Gasteiger partial charge in [-0.1, -0.05) is 23.1 Å². The molecular weight excluding hydrogens is 380 g/mol. The predicted molar refractivity (Wildman–Crippen MR) is 108 cm³/mol. The Labute approximate surface area is 165 Å². The molecule has 0 aliphatic rings. The number of hydrogen-bond acceptors (Lipinski definition) is 7. The molecule has 1 aromatic carbocycles. The first-order chi connectivity index (χ1) is 13.0. The van der Waals surface area contributed by atoms with E-state index in [0.29, 0.717) is 22.3 Å². The summed E-state index contributed by atoms with van der Waals surface area (Å²) in [5.74, 6) is 0.598. The van der Waals surface area contributed by atoms with Crippen molar-refractivity contribution < 1.29 is 9.53 Å². The van der Waals surface area contributed by atoms with E-state index in [4.69, 9.17) is 4.74 Å². The topological polar surface area (TPSA) is 87.9 Å². The van der Waals surface area contributed by atoms with Crippen molar-refractivity contribution in [1.29, 1.82) is 5.26 Å². The maximum absolute atomic E-state index is 12.5. The van der Waals surface area contributed by atoms with Crippen LogP contribution in [0.15, 0.2) is 35.4 Å². The Morgan fingerprint density at radius 2 is 2.19 bits per heavy atom. The zero-order valence-corrected chi connectivity index (χ0v) is 16.8. The molecule has 1 atom stereocenters. The molecule has 2 heterocycles. The summed E-state index contributed by atoms with van der Waals surface area (Å²) in [6.07, 6.45) is 0. The minimum absolute atomic E-state index is 0.184. The van der Waals surface area contributed by atoms with Crippen LogP contribution in [-0.2, 0) is 4.79 Å². The first kappa shape index (κ1) is 19.1. The molecule has 0 fully saturated rings. The van der Waals surface area contributed by atoms with Gasteiger partial charge in [-0.05, 0) is 51.1 Å². The highest BCUT2D eigenvalue weighted by Gasteiger charge is 2.19. The summed E-state index contributed by atoms with van der Waals surface area (Å²) in [5.41, 5.74) is 2.08. The number of anilines is 1. The number of ether oxygens (including phenoxy) is 1. The summed E-state index contributed by atoms with van der Waals surface area (Å²) in [4.78, 5) is 21.4. The molecule has 3 aromatic rings. The van der Waals surface area contributed by atoms with Gasteiger partial charge in [0.25, 0.3) is 0 Å². The van der Waals surface area contributed by atoms with Crippen LogP contribution in [0, 0.1) is 18.3 Å². The average molecular weight is 399 g/mol. The van der Waals surface area contributed by atoms with Gasteiger partial charge in [-0.15, -0.1) is 0 Å². The van der Waals surface area contributed by atoms with Crippen LogP contribution in [0.2, 0.25) is 0 Å². The lowest BCUT2D eigenvalue weighted by atomic mass is 10.3. The Balaban J connectivity index is 1.72. The molecule has 0 saturated carbocycles.